The van der Waals surface area contributed by atoms with Gasteiger partial charge in [0.05, 0.1) is 0 Å². The maximum absolute atomic E-state index is 12.2. The molecule has 0 spiro atoms. The van der Waals surface area contributed by atoms with Gasteiger partial charge in [0.25, 0.3) is 0 Å². The fourth-order valence-electron chi connectivity index (χ4n) is 4.21. The molecule has 3 rings (SSSR count). The Morgan fingerprint density at radius 2 is 1.89 bits per heavy atom. The van der Waals surface area contributed by atoms with Crippen LogP contribution in [0.15, 0.2) is 11.6 Å². The van der Waals surface area contributed by atoms with Gasteiger partial charge in [-0.2, -0.15) is 0 Å². The van der Waals surface area contributed by atoms with Crippen LogP contribution >= 0.6 is 0 Å². The third kappa shape index (κ3) is 1.77. The molecule has 2 nitrogen and oxygen atoms in total. The average Bonchev–Trinajstić information content (AvgIpc) is 2.34. The first-order valence-corrected chi connectivity index (χ1v) is 7.30. The lowest BCUT2D eigenvalue weighted by atomic mass is 9.60. The van der Waals surface area contributed by atoms with E-state index >= 15 is 0 Å². The van der Waals surface area contributed by atoms with Crippen molar-refractivity contribution in [2.75, 3.05) is 0 Å². The molecule has 0 aromatic carbocycles. The second-order valence-corrected chi connectivity index (χ2v) is 7.01. The summed E-state index contributed by atoms with van der Waals surface area (Å²) < 4.78 is 0. The number of Topliss-reactive ketones (excluding diaryl/α,β-unsaturated/α-hetero) is 2. The van der Waals surface area contributed by atoms with Crippen molar-refractivity contribution in [3.63, 3.8) is 0 Å². The molecule has 98 valence electrons. The van der Waals surface area contributed by atoms with Crippen molar-refractivity contribution in [3.8, 4) is 0 Å². The van der Waals surface area contributed by atoms with Crippen LogP contribution in [-0.4, -0.2) is 11.6 Å². The van der Waals surface area contributed by atoms with Crippen molar-refractivity contribution in [2.24, 2.45) is 23.2 Å². The number of rotatable bonds is 0. The van der Waals surface area contributed by atoms with Crippen LogP contribution in [0.3, 0.4) is 0 Å². The van der Waals surface area contributed by atoms with Gasteiger partial charge in [-0.1, -0.05) is 32.8 Å². The molecule has 0 aromatic rings. The van der Waals surface area contributed by atoms with Crippen molar-refractivity contribution in [1.29, 1.82) is 0 Å². The second-order valence-electron chi connectivity index (χ2n) is 7.01. The van der Waals surface area contributed by atoms with Gasteiger partial charge in [-0.05, 0) is 43.4 Å². The normalized spacial score (nSPS) is 38.8. The molecular formula is C16H22O2. The third-order valence-electron chi connectivity index (χ3n) is 5.23. The Hall–Kier alpha value is -0.920. The van der Waals surface area contributed by atoms with E-state index in [1.165, 1.54) is 25.7 Å². The van der Waals surface area contributed by atoms with E-state index in [4.69, 9.17) is 0 Å². The lowest BCUT2D eigenvalue weighted by molar-refractivity contribution is -0.143. The molecule has 3 atom stereocenters. The predicted molar refractivity (Wildman–Crippen MR) is 70.1 cm³/mol. The maximum atomic E-state index is 12.2. The van der Waals surface area contributed by atoms with E-state index in [9.17, 15) is 9.59 Å². The molecule has 0 aliphatic heterocycles. The fraction of sp³-hybridized carbons (Fsp3) is 0.750. The van der Waals surface area contributed by atoms with Crippen LogP contribution in [0, 0.1) is 23.2 Å². The molecule has 2 fully saturated rings. The summed E-state index contributed by atoms with van der Waals surface area (Å²) in [4.78, 5) is 24.3. The fourth-order valence-corrected chi connectivity index (χ4v) is 4.21. The number of carbonyl (C=O) groups excluding carboxylic acids is 2. The van der Waals surface area contributed by atoms with Gasteiger partial charge in [0, 0.05) is 11.0 Å². The highest BCUT2D eigenvalue weighted by Gasteiger charge is 2.47. The highest BCUT2D eigenvalue weighted by atomic mass is 16.2. The first-order valence-electron chi connectivity index (χ1n) is 7.30. The number of hydrogen-bond donors (Lipinski definition) is 0. The minimum absolute atomic E-state index is 0.167. The Balaban J connectivity index is 1.94. The number of hydrogen-bond acceptors (Lipinski definition) is 2. The Kier molecular flexibility index (Phi) is 2.72. The first-order chi connectivity index (χ1) is 8.49. The summed E-state index contributed by atoms with van der Waals surface area (Å²) >= 11 is 0. The summed E-state index contributed by atoms with van der Waals surface area (Å²) in [5, 5.41) is 0. The van der Waals surface area contributed by atoms with E-state index < -0.39 is 5.41 Å². The van der Waals surface area contributed by atoms with Gasteiger partial charge in [0.2, 0.25) is 11.6 Å². The minimum atomic E-state index is -0.444. The van der Waals surface area contributed by atoms with E-state index in [2.05, 4.69) is 6.08 Å². The van der Waals surface area contributed by atoms with Crippen molar-refractivity contribution >= 4 is 11.6 Å². The molecule has 0 aromatic heterocycles. The summed E-state index contributed by atoms with van der Waals surface area (Å²) in [5.41, 5.74) is 0.420. The number of carbonyl (C=O) groups is 2. The zero-order valence-electron chi connectivity index (χ0n) is 11.4. The molecule has 3 aliphatic rings. The molecule has 3 unspecified atom stereocenters. The van der Waals surface area contributed by atoms with Crippen LogP contribution in [0.25, 0.3) is 0 Å². The quantitative estimate of drug-likeness (QED) is 0.614. The molecule has 2 heteroatoms. The summed E-state index contributed by atoms with van der Waals surface area (Å²) in [7, 11) is 0. The standard InChI is InChI=1S/C16H22O2/c1-16(2)9-12-7-10-5-3-4-6-11(10)8-13(12)14(17)15(16)18/h8,10-12H,3-7,9H2,1-2H3. The van der Waals surface area contributed by atoms with Gasteiger partial charge < -0.3 is 0 Å². The van der Waals surface area contributed by atoms with Crippen molar-refractivity contribution in [1.82, 2.24) is 0 Å². The highest BCUT2D eigenvalue weighted by Crippen LogP contribution is 2.48. The van der Waals surface area contributed by atoms with Crippen molar-refractivity contribution in [2.45, 2.75) is 52.4 Å². The van der Waals surface area contributed by atoms with Gasteiger partial charge in [0.15, 0.2) is 0 Å². The monoisotopic (exact) mass is 246 g/mol. The Morgan fingerprint density at radius 3 is 2.67 bits per heavy atom. The van der Waals surface area contributed by atoms with Gasteiger partial charge in [-0.15, -0.1) is 0 Å². The summed E-state index contributed by atoms with van der Waals surface area (Å²) in [6.07, 6.45) is 9.33. The SMILES string of the molecule is CC1(C)CC2CC3CCCCC3C=C2C(=O)C1=O. The molecule has 3 aliphatic carbocycles. The molecule has 0 radical (unpaired) electrons. The van der Waals surface area contributed by atoms with Crippen LogP contribution in [0.2, 0.25) is 0 Å². The van der Waals surface area contributed by atoms with Crippen LogP contribution in [0.5, 0.6) is 0 Å². The predicted octanol–water partition coefficient (Wildman–Crippen LogP) is 3.31. The van der Waals surface area contributed by atoms with Crippen molar-refractivity contribution in [3.05, 3.63) is 11.6 Å². The zero-order valence-corrected chi connectivity index (χ0v) is 11.4. The van der Waals surface area contributed by atoms with Gasteiger partial charge in [0.1, 0.15) is 0 Å². The van der Waals surface area contributed by atoms with Crippen LogP contribution in [0.1, 0.15) is 52.4 Å². The zero-order chi connectivity index (χ0) is 12.9. The van der Waals surface area contributed by atoms with Gasteiger partial charge >= 0.3 is 0 Å². The van der Waals surface area contributed by atoms with Gasteiger partial charge in [-0.25, -0.2) is 0 Å². The molecule has 18 heavy (non-hydrogen) atoms. The Bertz CT molecular complexity index is 430. The van der Waals surface area contributed by atoms with Crippen molar-refractivity contribution < 1.29 is 9.59 Å². The summed E-state index contributed by atoms with van der Waals surface area (Å²) in [6.45, 7) is 3.86. The average molecular weight is 246 g/mol. The topological polar surface area (TPSA) is 34.1 Å². The summed E-state index contributed by atoms with van der Waals surface area (Å²) in [5.74, 6) is 1.34. The lowest BCUT2D eigenvalue weighted by Gasteiger charge is -2.43. The maximum Gasteiger partial charge on any atom is 0.225 e. The smallest absolute Gasteiger partial charge is 0.225 e. The van der Waals surface area contributed by atoms with Crippen LogP contribution in [-0.2, 0) is 9.59 Å². The molecule has 0 N–H and O–H groups in total. The molecular weight excluding hydrogens is 224 g/mol. The summed E-state index contributed by atoms with van der Waals surface area (Å²) in [6, 6.07) is 0. The molecule has 0 saturated heterocycles. The van der Waals surface area contributed by atoms with E-state index in [0.717, 1.165) is 24.3 Å². The Morgan fingerprint density at radius 1 is 1.17 bits per heavy atom. The van der Waals surface area contributed by atoms with Crippen LogP contribution < -0.4 is 0 Å². The first kappa shape index (κ1) is 12.1. The molecule has 2 saturated carbocycles. The van der Waals surface area contributed by atoms with E-state index in [1.807, 2.05) is 13.8 Å². The molecule has 0 amide bonds. The highest BCUT2D eigenvalue weighted by molar-refractivity contribution is 6.46. The number of fused-ring (bicyclic) bond motifs is 2. The second kappa shape index (κ2) is 4.04. The number of ketones is 2. The van der Waals surface area contributed by atoms with Gasteiger partial charge in [-0.3, -0.25) is 9.59 Å². The number of allylic oxidation sites excluding steroid dienone is 2. The van der Waals surface area contributed by atoms with E-state index in [-0.39, 0.29) is 11.6 Å². The van der Waals surface area contributed by atoms with Crippen LogP contribution in [0.4, 0.5) is 0 Å². The molecule has 0 heterocycles. The third-order valence-corrected chi connectivity index (χ3v) is 5.23. The Labute approximate surface area is 109 Å². The largest absolute Gasteiger partial charge is 0.290 e. The molecule has 0 bridgehead atoms. The lowest BCUT2D eigenvalue weighted by Crippen LogP contribution is -2.44. The van der Waals surface area contributed by atoms with E-state index in [1.54, 1.807) is 0 Å². The van der Waals surface area contributed by atoms with E-state index in [0.29, 0.717) is 11.8 Å². The minimum Gasteiger partial charge on any atom is -0.290 e.